The van der Waals surface area contributed by atoms with Gasteiger partial charge in [-0.25, -0.2) is 8.78 Å². The van der Waals surface area contributed by atoms with Crippen LogP contribution in [0, 0.1) is 11.6 Å². The van der Waals surface area contributed by atoms with E-state index in [2.05, 4.69) is 5.10 Å². The molecule has 3 nitrogen and oxygen atoms in total. The van der Waals surface area contributed by atoms with Crippen LogP contribution in [0.15, 0.2) is 24.3 Å². The number of halogens is 2. The Bertz CT molecular complexity index is 520. The predicted octanol–water partition coefficient (Wildman–Crippen LogP) is 1.82. The lowest BCUT2D eigenvalue weighted by Crippen LogP contribution is -1.99. The van der Waals surface area contributed by atoms with Crippen LogP contribution in [0.1, 0.15) is 5.69 Å². The number of rotatable bonds is 2. The summed E-state index contributed by atoms with van der Waals surface area (Å²) in [6.07, 6.45) is 0. The van der Waals surface area contributed by atoms with Gasteiger partial charge in [-0.1, -0.05) is 0 Å². The second-order valence-corrected chi connectivity index (χ2v) is 3.48. The summed E-state index contributed by atoms with van der Waals surface area (Å²) in [4.78, 5) is 0. The average molecular weight is 223 g/mol. The average Bonchev–Trinajstić information content (AvgIpc) is 2.64. The third kappa shape index (κ3) is 1.81. The normalized spacial score (nSPS) is 10.8. The van der Waals surface area contributed by atoms with Gasteiger partial charge in [0.05, 0.1) is 11.4 Å². The van der Waals surface area contributed by atoms with Crippen molar-refractivity contribution in [3.8, 4) is 11.3 Å². The van der Waals surface area contributed by atoms with Crippen LogP contribution in [0.25, 0.3) is 11.3 Å². The Hall–Kier alpha value is -1.75. The number of hydrogen-bond acceptors (Lipinski definition) is 2. The number of hydrogen-bond donors (Lipinski definition) is 1. The van der Waals surface area contributed by atoms with Crippen LogP contribution in [0.5, 0.6) is 0 Å². The molecule has 1 heterocycles. The molecular weight excluding hydrogens is 212 g/mol. The molecule has 0 bridgehead atoms. The van der Waals surface area contributed by atoms with Crippen molar-refractivity contribution in [3.63, 3.8) is 0 Å². The molecule has 2 N–H and O–H groups in total. The molecular formula is C11H11F2N3. The molecule has 1 aromatic carbocycles. The Balaban J connectivity index is 2.49. The zero-order valence-corrected chi connectivity index (χ0v) is 8.74. The molecule has 0 aliphatic heterocycles. The second-order valence-electron chi connectivity index (χ2n) is 3.48. The zero-order chi connectivity index (χ0) is 11.7. The minimum Gasteiger partial charge on any atom is -0.325 e. The van der Waals surface area contributed by atoms with E-state index < -0.39 is 11.6 Å². The molecule has 0 spiro atoms. The van der Waals surface area contributed by atoms with Crippen LogP contribution >= 0.6 is 0 Å². The van der Waals surface area contributed by atoms with Crippen molar-refractivity contribution in [1.82, 2.24) is 9.78 Å². The monoisotopic (exact) mass is 223 g/mol. The fourth-order valence-corrected chi connectivity index (χ4v) is 1.55. The number of aromatic nitrogens is 2. The van der Waals surface area contributed by atoms with Crippen molar-refractivity contribution in [2.24, 2.45) is 12.8 Å². The SMILES string of the molecule is Cn1nc(CN)cc1-c1ccc(F)c(F)c1. The largest absolute Gasteiger partial charge is 0.325 e. The highest BCUT2D eigenvalue weighted by atomic mass is 19.2. The molecule has 0 saturated carbocycles. The topological polar surface area (TPSA) is 43.8 Å². The number of benzene rings is 1. The van der Waals surface area contributed by atoms with Gasteiger partial charge in [-0.05, 0) is 24.3 Å². The minimum absolute atomic E-state index is 0.317. The summed E-state index contributed by atoms with van der Waals surface area (Å²) in [5.41, 5.74) is 7.45. The van der Waals surface area contributed by atoms with Crippen molar-refractivity contribution in [2.45, 2.75) is 6.54 Å². The summed E-state index contributed by atoms with van der Waals surface area (Å²) in [7, 11) is 1.73. The van der Waals surface area contributed by atoms with Gasteiger partial charge in [0.2, 0.25) is 0 Å². The minimum atomic E-state index is -0.868. The van der Waals surface area contributed by atoms with E-state index in [-0.39, 0.29) is 0 Å². The molecule has 0 atom stereocenters. The molecule has 84 valence electrons. The Kier molecular flexibility index (Phi) is 2.70. The highest BCUT2D eigenvalue weighted by Crippen LogP contribution is 2.21. The Morgan fingerprint density at radius 2 is 2.00 bits per heavy atom. The van der Waals surface area contributed by atoms with Crippen LogP contribution in [-0.4, -0.2) is 9.78 Å². The van der Waals surface area contributed by atoms with E-state index in [9.17, 15) is 8.78 Å². The standard InChI is InChI=1S/C11H11F2N3/c1-16-11(5-8(6-14)15-16)7-2-3-9(12)10(13)4-7/h2-5H,6,14H2,1H3. The first-order chi connectivity index (χ1) is 7.61. The first-order valence-corrected chi connectivity index (χ1v) is 4.80. The van der Waals surface area contributed by atoms with Crippen molar-refractivity contribution >= 4 is 0 Å². The summed E-state index contributed by atoms with van der Waals surface area (Å²) < 4.78 is 27.4. The molecule has 16 heavy (non-hydrogen) atoms. The van der Waals surface area contributed by atoms with Crippen LogP contribution in [0.4, 0.5) is 8.78 Å². The molecule has 0 saturated heterocycles. The van der Waals surface area contributed by atoms with Crippen molar-refractivity contribution in [1.29, 1.82) is 0 Å². The first-order valence-electron chi connectivity index (χ1n) is 4.80. The van der Waals surface area contributed by atoms with Crippen LogP contribution < -0.4 is 5.73 Å². The Morgan fingerprint density at radius 3 is 2.56 bits per heavy atom. The van der Waals surface area contributed by atoms with E-state index in [1.54, 1.807) is 17.8 Å². The fourth-order valence-electron chi connectivity index (χ4n) is 1.55. The maximum Gasteiger partial charge on any atom is 0.159 e. The van der Waals surface area contributed by atoms with Crippen LogP contribution in [0.3, 0.4) is 0 Å². The Morgan fingerprint density at radius 1 is 1.25 bits per heavy atom. The van der Waals surface area contributed by atoms with Gasteiger partial charge in [0.1, 0.15) is 0 Å². The lowest BCUT2D eigenvalue weighted by atomic mass is 10.1. The lowest BCUT2D eigenvalue weighted by Gasteiger charge is -2.02. The van der Waals surface area contributed by atoms with Crippen molar-refractivity contribution < 1.29 is 8.78 Å². The van der Waals surface area contributed by atoms with Gasteiger partial charge >= 0.3 is 0 Å². The maximum absolute atomic E-state index is 13.1. The van der Waals surface area contributed by atoms with E-state index >= 15 is 0 Å². The van der Waals surface area contributed by atoms with Gasteiger partial charge < -0.3 is 5.73 Å². The van der Waals surface area contributed by atoms with E-state index in [0.717, 1.165) is 12.1 Å². The van der Waals surface area contributed by atoms with Gasteiger partial charge in [-0.2, -0.15) is 5.10 Å². The van der Waals surface area contributed by atoms with Gasteiger partial charge in [-0.15, -0.1) is 0 Å². The number of aryl methyl sites for hydroxylation is 1. The molecule has 0 unspecified atom stereocenters. The Labute approximate surface area is 91.5 Å². The van der Waals surface area contributed by atoms with E-state index in [0.29, 0.717) is 23.5 Å². The highest BCUT2D eigenvalue weighted by Gasteiger charge is 2.09. The smallest absolute Gasteiger partial charge is 0.159 e. The summed E-state index contributed by atoms with van der Waals surface area (Å²) >= 11 is 0. The van der Waals surface area contributed by atoms with Gasteiger partial charge in [0, 0.05) is 19.2 Å². The van der Waals surface area contributed by atoms with Gasteiger partial charge in [0.15, 0.2) is 11.6 Å². The molecule has 0 fully saturated rings. The first kappa shape index (κ1) is 10.8. The highest BCUT2D eigenvalue weighted by molar-refractivity contribution is 5.60. The molecule has 0 aliphatic rings. The molecule has 0 amide bonds. The van der Waals surface area contributed by atoms with Crippen molar-refractivity contribution in [3.05, 3.63) is 41.6 Å². The number of nitrogens with two attached hydrogens (primary N) is 1. The molecule has 2 aromatic rings. The predicted molar refractivity (Wildman–Crippen MR) is 56.5 cm³/mol. The van der Waals surface area contributed by atoms with E-state index in [1.165, 1.54) is 6.07 Å². The third-order valence-electron chi connectivity index (χ3n) is 2.35. The van der Waals surface area contributed by atoms with Gasteiger partial charge in [0.25, 0.3) is 0 Å². The molecule has 2 rings (SSSR count). The van der Waals surface area contributed by atoms with E-state index in [4.69, 9.17) is 5.73 Å². The van der Waals surface area contributed by atoms with Gasteiger partial charge in [-0.3, -0.25) is 4.68 Å². The molecule has 5 heteroatoms. The van der Waals surface area contributed by atoms with Crippen molar-refractivity contribution in [2.75, 3.05) is 0 Å². The lowest BCUT2D eigenvalue weighted by molar-refractivity contribution is 0.509. The second kappa shape index (κ2) is 4.02. The summed E-state index contributed by atoms with van der Waals surface area (Å²) in [5.74, 6) is -1.72. The molecule has 1 aromatic heterocycles. The summed E-state index contributed by atoms with van der Waals surface area (Å²) in [5, 5.41) is 4.13. The third-order valence-corrected chi connectivity index (χ3v) is 2.35. The molecule has 0 radical (unpaired) electrons. The maximum atomic E-state index is 13.1. The summed E-state index contributed by atoms with van der Waals surface area (Å²) in [6, 6.07) is 5.51. The zero-order valence-electron chi connectivity index (χ0n) is 8.74. The fraction of sp³-hybridized carbons (Fsp3) is 0.182. The quantitative estimate of drug-likeness (QED) is 0.844. The van der Waals surface area contributed by atoms with E-state index in [1.807, 2.05) is 0 Å². The van der Waals surface area contributed by atoms with Crippen LogP contribution in [-0.2, 0) is 13.6 Å². The number of nitrogens with zero attached hydrogens (tertiary/aromatic N) is 2. The summed E-state index contributed by atoms with van der Waals surface area (Å²) in [6.45, 7) is 0.317. The van der Waals surface area contributed by atoms with Crippen LogP contribution in [0.2, 0.25) is 0 Å². The molecule has 0 aliphatic carbocycles.